The van der Waals surface area contributed by atoms with Gasteiger partial charge in [0.15, 0.2) is 0 Å². The van der Waals surface area contributed by atoms with Crippen LogP contribution < -0.4 is 10.1 Å². The molecule has 202 valence electrons. The first-order valence-electron chi connectivity index (χ1n) is 12.7. The van der Waals surface area contributed by atoms with Crippen LogP contribution in [0.3, 0.4) is 0 Å². The summed E-state index contributed by atoms with van der Waals surface area (Å²) < 4.78 is 25.3. The third kappa shape index (κ3) is 5.80. The molecule has 3 amide bonds. The zero-order valence-electron chi connectivity index (χ0n) is 21.9. The summed E-state index contributed by atoms with van der Waals surface area (Å²) in [4.78, 5) is 44.4. The molecule has 2 aromatic carbocycles. The van der Waals surface area contributed by atoms with Crippen molar-refractivity contribution in [2.75, 3.05) is 53.5 Å². The molecule has 9 nitrogen and oxygen atoms in total. The van der Waals surface area contributed by atoms with Crippen LogP contribution in [0, 0.1) is 5.82 Å². The zero-order valence-corrected chi connectivity index (χ0v) is 21.9. The van der Waals surface area contributed by atoms with Gasteiger partial charge in [-0.2, -0.15) is 0 Å². The maximum absolute atomic E-state index is 14.8. The number of nitrogens with one attached hydrogen (secondary N) is 1. The van der Waals surface area contributed by atoms with Crippen LogP contribution in [0.5, 0.6) is 5.75 Å². The van der Waals surface area contributed by atoms with Crippen molar-refractivity contribution in [3.63, 3.8) is 0 Å². The highest BCUT2D eigenvalue weighted by atomic mass is 19.1. The molecule has 0 radical (unpaired) electrons. The number of halogens is 1. The van der Waals surface area contributed by atoms with Gasteiger partial charge < -0.3 is 19.7 Å². The molecule has 1 fully saturated rings. The number of methoxy groups -OCH3 is 1. The fourth-order valence-corrected chi connectivity index (χ4v) is 4.80. The molecule has 4 rings (SSSR count). The van der Waals surface area contributed by atoms with E-state index in [9.17, 15) is 18.8 Å². The fraction of sp³-hybridized carbons (Fsp3) is 0.393. The highest BCUT2D eigenvalue weighted by molar-refractivity contribution is 5.95. The topological polar surface area (TPSA) is 91.4 Å². The fourth-order valence-electron chi connectivity index (χ4n) is 4.80. The van der Waals surface area contributed by atoms with Crippen LogP contribution in [0.2, 0.25) is 0 Å². The van der Waals surface area contributed by atoms with Crippen LogP contribution in [0.1, 0.15) is 35.3 Å². The van der Waals surface area contributed by atoms with Crippen LogP contribution in [0.25, 0.3) is 0 Å². The largest absolute Gasteiger partial charge is 0.497 e. The van der Waals surface area contributed by atoms with E-state index in [2.05, 4.69) is 10.2 Å². The second-order valence-electron chi connectivity index (χ2n) is 9.19. The second-order valence-corrected chi connectivity index (χ2v) is 9.19. The molecule has 0 saturated carbocycles. The second kappa shape index (κ2) is 12.1. The van der Waals surface area contributed by atoms with Crippen molar-refractivity contribution in [1.29, 1.82) is 0 Å². The van der Waals surface area contributed by atoms with Crippen LogP contribution in [-0.4, -0.2) is 86.1 Å². The smallest absolute Gasteiger partial charge is 0.338 e. The maximum Gasteiger partial charge on any atom is 0.338 e. The summed E-state index contributed by atoms with van der Waals surface area (Å²) in [6.45, 7) is 4.38. The number of ether oxygens (including phenoxy) is 2. The number of amides is 3. The number of esters is 1. The number of carbonyl (C=O) groups is 3. The van der Waals surface area contributed by atoms with E-state index in [1.54, 1.807) is 63.5 Å². The Labute approximate surface area is 221 Å². The SMILES string of the molecule is CCOC(=O)C1=C(CN2CCCN(C(=O)c3ccc(OC)cc3)CC2)N(C)C(=O)N[C@H]1c1ccccc1F. The summed E-state index contributed by atoms with van der Waals surface area (Å²) >= 11 is 0. The molecule has 2 aromatic rings. The molecule has 38 heavy (non-hydrogen) atoms. The van der Waals surface area contributed by atoms with E-state index in [0.29, 0.717) is 43.2 Å². The van der Waals surface area contributed by atoms with E-state index < -0.39 is 23.9 Å². The molecule has 0 bridgehead atoms. The lowest BCUT2D eigenvalue weighted by Gasteiger charge is -2.36. The van der Waals surface area contributed by atoms with Crippen molar-refractivity contribution < 1.29 is 28.2 Å². The number of benzene rings is 2. The molecule has 2 heterocycles. The molecule has 10 heteroatoms. The number of nitrogens with zero attached hydrogens (tertiary/aromatic N) is 3. The van der Waals surface area contributed by atoms with Crippen molar-refractivity contribution in [2.24, 2.45) is 0 Å². The number of hydrogen-bond donors (Lipinski definition) is 1. The van der Waals surface area contributed by atoms with Gasteiger partial charge >= 0.3 is 12.0 Å². The van der Waals surface area contributed by atoms with E-state index in [-0.39, 0.29) is 30.2 Å². The Morgan fingerprint density at radius 3 is 2.47 bits per heavy atom. The van der Waals surface area contributed by atoms with E-state index in [1.807, 2.05) is 4.90 Å². The van der Waals surface area contributed by atoms with Gasteiger partial charge in [-0.3, -0.25) is 14.6 Å². The van der Waals surface area contributed by atoms with E-state index in [1.165, 1.54) is 11.0 Å². The van der Waals surface area contributed by atoms with E-state index >= 15 is 0 Å². The molecule has 1 atom stereocenters. The van der Waals surface area contributed by atoms with Crippen molar-refractivity contribution in [2.45, 2.75) is 19.4 Å². The predicted octanol–water partition coefficient (Wildman–Crippen LogP) is 3.20. The lowest BCUT2D eigenvalue weighted by molar-refractivity contribution is -0.139. The Morgan fingerprint density at radius 1 is 1.05 bits per heavy atom. The minimum Gasteiger partial charge on any atom is -0.497 e. The Balaban J connectivity index is 1.58. The third-order valence-corrected chi connectivity index (χ3v) is 6.87. The molecule has 1 N–H and O–H groups in total. The summed E-state index contributed by atoms with van der Waals surface area (Å²) in [6, 6.07) is 11.7. The number of urea groups is 1. The Kier molecular flexibility index (Phi) is 8.62. The monoisotopic (exact) mass is 524 g/mol. The molecule has 2 aliphatic heterocycles. The quantitative estimate of drug-likeness (QED) is 0.560. The summed E-state index contributed by atoms with van der Waals surface area (Å²) in [5.41, 5.74) is 1.44. The summed E-state index contributed by atoms with van der Waals surface area (Å²) in [7, 11) is 3.16. The molecule has 2 aliphatic rings. The highest BCUT2D eigenvalue weighted by Gasteiger charge is 2.38. The van der Waals surface area contributed by atoms with Gasteiger partial charge in [0.25, 0.3) is 5.91 Å². The normalized spacial score (nSPS) is 18.6. The van der Waals surface area contributed by atoms with Crippen molar-refractivity contribution in [3.05, 3.63) is 76.7 Å². The summed E-state index contributed by atoms with van der Waals surface area (Å²) in [5.74, 6) is -0.502. The molecule has 0 unspecified atom stereocenters. The van der Waals surface area contributed by atoms with Gasteiger partial charge in [0.2, 0.25) is 0 Å². The highest BCUT2D eigenvalue weighted by Crippen LogP contribution is 2.32. The van der Waals surface area contributed by atoms with Crippen LogP contribution >= 0.6 is 0 Å². The lowest BCUT2D eigenvalue weighted by atomic mass is 9.94. The Morgan fingerprint density at radius 2 is 1.79 bits per heavy atom. The zero-order chi connectivity index (χ0) is 27.2. The predicted molar refractivity (Wildman–Crippen MR) is 139 cm³/mol. The average Bonchev–Trinajstić information content (AvgIpc) is 3.17. The first-order valence-corrected chi connectivity index (χ1v) is 12.7. The van der Waals surface area contributed by atoms with Gasteiger partial charge in [-0.15, -0.1) is 0 Å². The lowest BCUT2D eigenvalue weighted by Crippen LogP contribution is -2.49. The maximum atomic E-state index is 14.8. The summed E-state index contributed by atoms with van der Waals surface area (Å²) in [6.07, 6.45) is 0.719. The number of likely N-dealkylation sites (N-methyl/N-ethyl adjacent to an activating group) is 1. The standard InChI is InChI=1S/C28H33FN4O5/c1-4-38-27(35)24-23(31(2)28(36)30-25(24)21-8-5-6-9-22(21)29)18-32-14-7-15-33(17-16-32)26(34)19-10-12-20(37-3)13-11-19/h5-6,8-13,25H,4,7,14-18H2,1-3H3,(H,30,36)/t25-/m0/s1. The van der Waals surface area contributed by atoms with Crippen molar-refractivity contribution in [3.8, 4) is 5.75 Å². The van der Waals surface area contributed by atoms with Crippen LogP contribution in [0.15, 0.2) is 59.8 Å². The third-order valence-electron chi connectivity index (χ3n) is 6.87. The summed E-state index contributed by atoms with van der Waals surface area (Å²) in [5, 5.41) is 2.75. The van der Waals surface area contributed by atoms with Crippen LogP contribution in [-0.2, 0) is 9.53 Å². The van der Waals surface area contributed by atoms with Gasteiger partial charge in [-0.25, -0.2) is 14.0 Å². The molecular formula is C28H33FN4O5. The molecule has 1 saturated heterocycles. The molecule has 0 aromatic heterocycles. The Bertz CT molecular complexity index is 1220. The Hall–Kier alpha value is -3.92. The van der Waals surface area contributed by atoms with Crippen LogP contribution in [0.4, 0.5) is 9.18 Å². The van der Waals surface area contributed by atoms with E-state index in [4.69, 9.17) is 9.47 Å². The average molecular weight is 525 g/mol. The molecule has 0 aliphatic carbocycles. The molecule has 0 spiro atoms. The molecular weight excluding hydrogens is 491 g/mol. The van der Waals surface area contributed by atoms with Gasteiger partial charge in [0.05, 0.1) is 25.3 Å². The van der Waals surface area contributed by atoms with Gasteiger partial charge in [-0.05, 0) is 43.7 Å². The minimum absolute atomic E-state index is 0.0605. The first kappa shape index (κ1) is 27.1. The first-order chi connectivity index (χ1) is 18.3. The van der Waals surface area contributed by atoms with E-state index in [0.717, 1.165) is 6.42 Å². The van der Waals surface area contributed by atoms with Gasteiger partial charge in [-0.1, -0.05) is 18.2 Å². The number of hydrogen-bond acceptors (Lipinski definition) is 6. The number of carbonyl (C=O) groups excluding carboxylic acids is 3. The van der Waals surface area contributed by atoms with Crippen molar-refractivity contribution >= 4 is 17.9 Å². The van der Waals surface area contributed by atoms with Gasteiger partial charge in [0, 0.05) is 56.6 Å². The number of rotatable bonds is 7. The minimum atomic E-state index is -0.978. The van der Waals surface area contributed by atoms with Gasteiger partial charge in [0.1, 0.15) is 11.6 Å². The van der Waals surface area contributed by atoms with Crippen molar-refractivity contribution in [1.82, 2.24) is 20.0 Å².